The molecule has 0 spiro atoms. The first-order chi connectivity index (χ1) is 31.3. The standard InChI is InChI=1S/C22H18F2N4O3.C16H15N3O3.C7H7F2NO3S.FH/c1-11(2)18-19(20(29)15-5-12(3)4-13(6-15)9-25)28(22(31)27-21(18)30)10-14-7-16(23)26-17(24)8-14;1-8(2)12-13(18-16(22)19-15(12)21)14(20)11-5-9(3)4-10(6-11)7-17;1-14(11,12)13-4-5-2-6(8)10-7(9)3-5;/h4-8,11H,10H2,1-3H3,(H,27,30,31);4-6,8H,1-3H3,(H2,18,19,21,22);2-3H,4H2,1H3;1H. The summed E-state index contributed by atoms with van der Waals surface area (Å²) in [6.45, 7) is 9.57. The summed E-state index contributed by atoms with van der Waals surface area (Å²) in [5.74, 6) is -6.01. The van der Waals surface area contributed by atoms with Crippen LogP contribution in [0.2, 0.25) is 0 Å². The number of rotatable bonds is 11. The van der Waals surface area contributed by atoms with E-state index < -0.39 is 80.5 Å². The van der Waals surface area contributed by atoms with Crippen LogP contribution in [0.1, 0.15) is 116 Å². The summed E-state index contributed by atoms with van der Waals surface area (Å²) in [5, 5.41) is 18.2. The molecule has 356 valence electrons. The van der Waals surface area contributed by atoms with Gasteiger partial charge in [0.2, 0.25) is 35.4 Å². The van der Waals surface area contributed by atoms with Crippen LogP contribution < -0.4 is 22.5 Å². The first kappa shape index (κ1) is 54.3. The molecule has 0 saturated carbocycles. The van der Waals surface area contributed by atoms with Crippen molar-refractivity contribution in [1.82, 2.24) is 29.5 Å². The van der Waals surface area contributed by atoms with Crippen molar-refractivity contribution in [3.05, 3.63) is 193 Å². The van der Waals surface area contributed by atoms with Gasteiger partial charge in [0.25, 0.3) is 21.2 Å². The first-order valence-electron chi connectivity index (χ1n) is 19.7. The molecule has 4 aromatic heterocycles. The normalized spacial score (nSPS) is 10.8. The molecule has 0 aliphatic rings. The summed E-state index contributed by atoms with van der Waals surface area (Å²) in [5.41, 5.74) is -0.392. The van der Waals surface area contributed by atoms with Gasteiger partial charge in [-0.1, -0.05) is 27.7 Å². The average molecular weight is 965 g/mol. The molecular formula is C45H41F5N8O9S. The maximum atomic E-state index is 13.6. The second-order valence-electron chi connectivity index (χ2n) is 15.4. The number of nitriles is 2. The molecule has 3 N–H and O–H groups in total. The van der Waals surface area contributed by atoms with E-state index in [-0.39, 0.29) is 67.5 Å². The van der Waals surface area contributed by atoms with E-state index in [1.807, 2.05) is 12.1 Å². The third kappa shape index (κ3) is 14.5. The molecule has 0 unspecified atom stereocenters. The molecule has 23 heteroatoms. The van der Waals surface area contributed by atoms with Gasteiger partial charge in [0.1, 0.15) is 5.69 Å². The fourth-order valence-electron chi connectivity index (χ4n) is 6.54. The van der Waals surface area contributed by atoms with Gasteiger partial charge < -0.3 is 4.98 Å². The molecule has 17 nitrogen and oxygen atoms in total. The van der Waals surface area contributed by atoms with Crippen molar-refractivity contribution >= 4 is 21.7 Å². The minimum Gasteiger partial charge on any atom is -0.304 e. The van der Waals surface area contributed by atoms with Crippen molar-refractivity contribution in [3.63, 3.8) is 0 Å². The van der Waals surface area contributed by atoms with E-state index in [0.717, 1.165) is 40.7 Å². The number of H-pyrrole nitrogens is 3. The molecule has 0 fully saturated rings. The van der Waals surface area contributed by atoms with E-state index in [9.17, 15) is 60.0 Å². The zero-order valence-corrected chi connectivity index (χ0v) is 37.9. The fourth-order valence-corrected chi connectivity index (χ4v) is 6.89. The molecule has 0 bridgehead atoms. The van der Waals surface area contributed by atoms with Crippen LogP contribution in [0, 0.1) is 60.3 Å². The average Bonchev–Trinajstić information content (AvgIpc) is 3.21. The molecular weight excluding hydrogens is 924 g/mol. The van der Waals surface area contributed by atoms with Crippen molar-refractivity contribution in [2.24, 2.45) is 0 Å². The molecule has 0 aliphatic carbocycles. The van der Waals surface area contributed by atoms with Gasteiger partial charge in [-0.05, 0) is 109 Å². The number of halogens is 5. The Balaban J connectivity index is 0.000000289. The smallest absolute Gasteiger partial charge is 0.304 e. The van der Waals surface area contributed by atoms with Crippen LogP contribution >= 0.6 is 0 Å². The number of carbonyl (C=O) groups is 2. The molecule has 6 aromatic rings. The van der Waals surface area contributed by atoms with Gasteiger partial charge in [0.15, 0.2) is 0 Å². The summed E-state index contributed by atoms with van der Waals surface area (Å²) in [6.07, 6.45) is 0.848. The molecule has 0 aliphatic heterocycles. The predicted molar refractivity (Wildman–Crippen MR) is 235 cm³/mol. The van der Waals surface area contributed by atoms with E-state index in [4.69, 9.17) is 5.26 Å². The number of aromatic nitrogens is 6. The monoisotopic (exact) mass is 964 g/mol. The minimum absolute atomic E-state index is 0. The van der Waals surface area contributed by atoms with Gasteiger partial charge in [0.05, 0.1) is 48.4 Å². The van der Waals surface area contributed by atoms with Gasteiger partial charge in [-0.25, -0.2) is 9.59 Å². The number of pyridine rings is 2. The molecule has 0 radical (unpaired) electrons. The molecule has 0 amide bonds. The van der Waals surface area contributed by atoms with E-state index in [1.165, 1.54) is 18.2 Å². The number of nitrogens with one attached hydrogen (secondary N) is 3. The van der Waals surface area contributed by atoms with Crippen LogP contribution in [0.3, 0.4) is 0 Å². The van der Waals surface area contributed by atoms with Crippen molar-refractivity contribution in [1.29, 1.82) is 10.5 Å². The summed E-state index contributed by atoms with van der Waals surface area (Å²) in [6, 6.07) is 16.8. The second-order valence-corrected chi connectivity index (χ2v) is 17.0. The topological polar surface area (TPSA) is 271 Å². The lowest BCUT2D eigenvalue weighted by molar-refractivity contribution is 0.102. The lowest BCUT2D eigenvalue weighted by Gasteiger charge is -2.18. The Morgan fingerprint density at radius 2 is 1.12 bits per heavy atom. The SMILES string of the molecule is CS(=O)(=O)OCc1cc(F)nc(F)c1.Cc1cc(C#N)cc(C(=O)c2[nH]c(=O)[nH]c(=O)c2C(C)C)c1.Cc1cc(C#N)cc(C(=O)c2c(C(C)C)c(=O)[nH]c(=O)n2Cc2cc(F)nc(F)c2)c1.F. The minimum atomic E-state index is -3.61. The predicted octanol–water partition coefficient (Wildman–Crippen LogP) is 5.38. The van der Waals surface area contributed by atoms with Crippen LogP contribution in [0.15, 0.2) is 79.8 Å². The van der Waals surface area contributed by atoms with Crippen LogP contribution in [0.4, 0.5) is 22.3 Å². The Morgan fingerprint density at radius 1 is 0.676 bits per heavy atom. The van der Waals surface area contributed by atoms with Crippen LogP contribution in [-0.2, 0) is 27.5 Å². The van der Waals surface area contributed by atoms with Crippen LogP contribution in [-0.4, -0.2) is 55.7 Å². The summed E-state index contributed by atoms with van der Waals surface area (Å²) in [7, 11) is -3.61. The second kappa shape index (κ2) is 22.9. The highest BCUT2D eigenvalue weighted by molar-refractivity contribution is 7.85. The number of carbonyl (C=O) groups excluding carboxylic acids is 2. The fraction of sp³-hybridized carbons (Fsp3) is 0.244. The van der Waals surface area contributed by atoms with Gasteiger partial charge in [-0.3, -0.25) is 42.6 Å². The van der Waals surface area contributed by atoms with Crippen LogP contribution in [0.25, 0.3) is 0 Å². The highest BCUT2D eigenvalue weighted by Crippen LogP contribution is 2.22. The molecule has 68 heavy (non-hydrogen) atoms. The number of hydrogen-bond donors (Lipinski definition) is 3. The van der Waals surface area contributed by atoms with Gasteiger partial charge in [-0.15, -0.1) is 0 Å². The van der Waals surface area contributed by atoms with Crippen molar-refractivity contribution in [2.75, 3.05) is 6.26 Å². The highest BCUT2D eigenvalue weighted by atomic mass is 32.2. The third-order valence-electron chi connectivity index (χ3n) is 9.17. The largest absolute Gasteiger partial charge is 0.329 e. The van der Waals surface area contributed by atoms with Crippen molar-refractivity contribution in [2.45, 2.75) is 66.5 Å². The number of nitrogens with zero attached hydrogens (tertiary/aromatic N) is 5. The van der Waals surface area contributed by atoms with Crippen molar-refractivity contribution in [3.8, 4) is 12.1 Å². The number of benzene rings is 2. The number of ketones is 2. The quantitative estimate of drug-likeness (QED) is 0.0638. The maximum Gasteiger partial charge on any atom is 0.329 e. The zero-order valence-electron chi connectivity index (χ0n) is 37.1. The van der Waals surface area contributed by atoms with Gasteiger partial charge >= 0.3 is 11.4 Å². The Labute approximate surface area is 383 Å². The number of aryl methyl sites for hydroxylation is 2. The van der Waals surface area contributed by atoms with Crippen molar-refractivity contribution < 1.29 is 44.5 Å². The summed E-state index contributed by atoms with van der Waals surface area (Å²) >= 11 is 0. The summed E-state index contributed by atoms with van der Waals surface area (Å²) in [4.78, 5) is 87.3. The summed E-state index contributed by atoms with van der Waals surface area (Å²) < 4.78 is 78.5. The molecule has 4 heterocycles. The molecule has 2 aromatic carbocycles. The lowest BCUT2D eigenvalue weighted by Crippen LogP contribution is -2.38. The van der Waals surface area contributed by atoms with Gasteiger partial charge in [0, 0.05) is 22.3 Å². The number of hydrogen-bond acceptors (Lipinski definition) is 13. The Kier molecular flexibility index (Phi) is 18.3. The molecule has 0 atom stereocenters. The Morgan fingerprint density at radius 3 is 1.56 bits per heavy atom. The maximum absolute atomic E-state index is 13.6. The highest BCUT2D eigenvalue weighted by Gasteiger charge is 2.26. The third-order valence-corrected chi connectivity index (χ3v) is 9.72. The van der Waals surface area contributed by atoms with E-state index in [0.29, 0.717) is 11.1 Å². The number of aromatic amines is 3. The van der Waals surface area contributed by atoms with E-state index >= 15 is 0 Å². The molecule has 6 rings (SSSR count). The molecule has 0 saturated heterocycles. The van der Waals surface area contributed by atoms with Gasteiger partial charge in [-0.2, -0.15) is 46.5 Å². The zero-order chi connectivity index (χ0) is 50.1. The van der Waals surface area contributed by atoms with Crippen LogP contribution in [0.5, 0.6) is 0 Å². The lowest BCUT2D eigenvalue weighted by atomic mass is 9.95. The van der Waals surface area contributed by atoms with E-state index in [1.54, 1.807) is 59.7 Å². The van der Waals surface area contributed by atoms with E-state index in [2.05, 4.69) is 29.1 Å². The Hall–Kier alpha value is -8.02. The first-order valence-corrected chi connectivity index (χ1v) is 21.5. The Bertz CT molecular complexity index is 3310.